The summed E-state index contributed by atoms with van der Waals surface area (Å²) in [6, 6.07) is 3.34. The van der Waals surface area contributed by atoms with E-state index in [9.17, 15) is 0 Å². The highest BCUT2D eigenvalue weighted by atomic mass is 79.9. The lowest BCUT2D eigenvalue weighted by atomic mass is 10.1. The van der Waals surface area contributed by atoms with Crippen LogP contribution in [0.3, 0.4) is 0 Å². The minimum absolute atomic E-state index is 0.503. The van der Waals surface area contributed by atoms with Gasteiger partial charge in [0.2, 0.25) is 0 Å². The molecule has 3 unspecified atom stereocenters. The molecule has 0 aliphatic carbocycles. The van der Waals surface area contributed by atoms with Gasteiger partial charge in [-0.2, -0.15) is 5.10 Å². The van der Waals surface area contributed by atoms with Gasteiger partial charge in [0.15, 0.2) is 0 Å². The Bertz CT molecular complexity index is 377. The fourth-order valence-corrected chi connectivity index (χ4v) is 3.68. The third-order valence-electron chi connectivity index (χ3n) is 4.23. The zero-order valence-corrected chi connectivity index (χ0v) is 13.2. The Labute approximate surface area is 119 Å². The molecule has 3 atom stereocenters. The molecular formula is C14H24BrN3. The third kappa shape index (κ3) is 2.97. The first kappa shape index (κ1) is 14.1. The first-order valence-electron chi connectivity index (χ1n) is 6.99. The number of alkyl halides is 1. The van der Waals surface area contributed by atoms with Gasteiger partial charge < -0.3 is 0 Å². The molecule has 0 radical (unpaired) electrons. The average molecular weight is 314 g/mol. The van der Waals surface area contributed by atoms with Crippen LogP contribution in [0, 0.1) is 5.92 Å². The normalized spacial score (nSPS) is 26.7. The van der Waals surface area contributed by atoms with Crippen molar-refractivity contribution >= 4 is 15.9 Å². The van der Waals surface area contributed by atoms with Gasteiger partial charge in [0.1, 0.15) is 0 Å². The van der Waals surface area contributed by atoms with Crippen LogP contribution in [0.15, 0.2) is 12.3 Å². The number of halogens is 1. The van der Waals surface area contributed by atoms with Crippen LogP contribution in [0.5, 0.6) is 0 Å². The van der Waals surface area contributed by atoms with E-state index in [1.54, 1.807) is 0 Å². The van der Waals surface area contributed by atoms with E-state index in [4.69, 9.17) is 5.10 Å². The summed E-state index contributed by atoms with van der Waals surface area (Å²) in [5.74, 6) is 0.793. The van der Waals surface area contributed by atoms with Crippen molar-refractivity contribution < 1.29 is 0 Å². The highest BCUT2D eigenvalue weighted by Gasteiger charge is 2.30. The molecule has 1 saturated heterocycles. The number of hydrogen-bond acceptors (Lipinski definition) is 2. The summed E-state index contributed by atoms with van der Waals surface area (Å²) >= 11 is 3.64. The van der Waals surface area contributed by atoms with Crippen LogP contribution in [0.1, 0.15) is 45.3 Å². The zero-order valence-electron chi connectivity index (χ0n) is 11.6. The molecule has 0 spiro atoms. The zero-order chi connectivity index (χ0) is 13.1. The maximum absolute atomic E-state index is 4.70. The Hall–Kier alpha value is -0.350. The van der Waals surface area contributed by atoms with Gasteiger partial charge in [-0.1, -0.05) is 29.8 Å². The van der Waals surface area contributed by atoms with E-state index in [0.29, 0.717) is 12.1 Å². The van der Waals surface area contributed by atoms with E-state index >= 15 is 0 Å². The van der Waals surface area contributed by atoms with E-state index in [-0.39, 0.29) is 0 Å². The average Bonchev–Trinajstić information content (AvgIpc) is 2.96. The maximum Gasteiger partial charge on any atom is 0.0765 e. The number of aromatic nitrogens is 2. The fourth-order valence-electron chi connectivity index (χ4n) is 2.64. The van der Waals surface area contributed by atoms with E-state index in [1.807, 2.05) is 0 Å². The van der Waals surface area contributed by atoms with Crippen LogP contribution in [0.2, 0.25) is 0 Å². The number of nitrogens with zero attached hydrogens (tertiary/aromatic N) is 3. The van der Waals surface area contributed by atoms with E-state index < -0.39 is 0 Å². The lowest BCUT2D eigenvalue weighted by Crippen LogP contribution is -2.33. The topological polar surface area (TPSA) is 21.1 Å². The highest BCUT2D eigenvalue weighted by molar-refractivity contribution is 9.09. The summed E-state index contributed by atoms with van der Waals surface area (Å²) in [7, 11) is 0. The second-order valence-electron chi connectivity index (χ2n) is 5.50. The number of likely N-dealkylation sites (tertiary alicyclic amines) is 1. The molecule has 1 fully saturated rings. The lowest BCUT2D eigenvalue weighted by molar-refractivity contribution is 0.240. The van der Waals surface area contributed by atoms with Crippen molar-refractivity contribution in [3.05, 3.63) is 18.0 Å². The van der Waals surface area contributed by atoms with Crippen molar-refractivity contribution in [2.45, 2.75) is 52.2 Å². The van der Waals surface area contributed by atoms with Gasteiger partial charge in [-0.05, 0) is 38.3 Å². The molecule has 3 nitrogen and oxygen atoms in total. The standard InChI is InChI=1S/C14H24BrN3/c1-4-12(3)18-8-6-13(16-18)10-17-7-5-11(2)14(17)9-15/h6,8,11-12,14H,4-5,7,9-10H2,1-3H3. The molecule has 1 aliphatic heterocycles. The Morgan fingerprint density at radius 3 is 3.00 bits per heavy atom. The quantitative estimate of drug-likeness (QED) is 0.776. The van der Waals surface area contributed by atoms with Crippen LogP contribution in [0.4, 0.5) is 0 Å². The summed E-state index contributed by atoms with van der Waals surface area (Å²) in [5.41, 5.74) is 1.20. The molecule has 102 valence electrons. The van der Waals surface area contributed by atoms with Crippen molar-refractivity contribution in [3.63, 3.8) is 0 Å². The van der Waals surface area contributed by atoms with E-state index in [0.717, 1.165) is 24.2 Å². The first-order valence-corrected chi connectivity index (χ1v) is 8.11. The van der Waals surface area contributed by atoms with Crippen LogP contribution in [-0.4, -0.2) is 32.6 Å². The Morgan fingerprint density at radius 2 is 2.33 bits per heavy atom. The molecule has 0 bridgehead atoms. The molecule has 2 heterocycles. The van der Waals surface area contributed by atoms with Crippen LogP contribution in [-0.2, 0) is 6.54 Å². The Kier molecular flexibility index (Phi) is 4.84. The third-order valence-corrected chi connectivity index (χ3v) is 4.89. The predicted octanol–water partition coefficient (Wildman–Crippen LogP) is 3.46. The molecule has 4 heteroatoms. The van der Waals surface area contributed by atoms with E-state index in [2.05, 4.69) is 58.5 Å². The SMILES string of the molecule is CCC(C)n1ccc(CN2CCC(C)C2CBr)n1. The molecule has 18 heavy (non-hydrogen) atoms. The van der Waals surface area contributed by atoms with Crippen LogP contribution in [0.25, 0.3) is 0 Å². The van der Waals surface area contributed by atoms with E-state index in [1.165, 1.54) is 18.7 Å². The second-order valence-corrected chi connectivity index (χ2v) is 6.15. The largest absolute Gasteiger partial charge is 0.293 e. The molecule has 0 amide bonds. The van der Waals surface area contributed by atoms with Crippen molar-refractivity contribution in [1.29, 1.82) is 0 Å². The Morgan fingerprint density at radius 1 is 1.56 bits per heavy atom. The van der Waals surface area contributed by atoms with Crippen molar-refractivity contribution in [2.75, 3.05) is 11.9 Å². The molecule has 0 aromatic carbocycles. The summed E-state index contributed by atoms with van der Waals surface area (Å²) in [4.78, 5) is 2.56. The number of hydrogen-bond donors (Lipinski definition) is 0. The summed E-state index contributed by atoms with van der Waals surface area (Å²) < 4.78 is 2.10. The smallest absolute Gasteiger partial charge is 0.0765 e. The first-order chi connectivity index (χ1) is 8.65. The monoisotopic (exact) mass is 313 g/mol. The van der Waals surface area contributed by atoms with Gasteiger partial charge in [-0.3, -0.25) is 9.58 Å². The van der Waals surface area contributed by atoms with Crippen molar-refractivity contribution in [2.24, 2.45) is 5.92 Å². The molecule has 0 saturated carbocycles. The van der Waals surface area contributed by atoms with Gasteiger partial charge in [0.05, 0.1) is 5.69 Å². The molecule has 0 N–H and O–H groups in total. The van der Waals surface area contributed by atoms with Gasteiger partial charge in [0, 0.05) is 30.2 Å². The summed E-state index contributed by atoms with van der Waals surface area (Å²) in [5, 5.41) is 5.77. The van der Waals surface area contributed by atoms with Crippen molar-refractivity contribution in [3.8, 4) is 0 Å². The molecule has 1 aromatic heterocycles. The second kappa shape index (κ2) is 6.20. The fraction of sp³-hybridized carbons (Fsp3) is 0.786. The minimum Gasteiger partial charge on any atom is -0.293 e. The lowest BCUT2D eigenvalue weighted by Gasteiger charge is -2.24. The predicted molar refractivity (Wildman–Crippen MR) is 79.0 cm³/mol. The summed E-state index contributed by atoms with van der Waals surface area (Å²) in [6.45, 7) is 8.96. The minimum atomic E-state index is 0.503. The van der Waals surface area contributed by atoms with Crippen LogP contribution < -0.4 is 0 Å². The molecule has 1 aromatic rings. The molecular weight excluding hydrogens is 290 g/mol. The van der Waals surface area contributed by atoms with Crippen LogP contribution >= 0.6 is 15.9 Å². The molecule has 2 rings (SSSR count). The van der Waals surface area contributed by atoms with Gasteiger partial charge in [-0.15, -0.1) is 0 Å². The maximum atomic E-state index is 4.70. The van der Waals surface area contributed by atoms with Gasteiger partial charge in [0.25, 0.3) is 0 Å². The summed E-state index contributed by atoms with van der Waals surface area (Å²) in [6.07, 6.45) is 4.56. The van der Waals surface area contributed by atoms with Crippen molar-refractivity contribution in [1.82, 2.24) is 14.7 Å². The van der Waals surface area contributed by atoms with Gasteiger partial charge in [-0.25, -0.2) is 0 Å². The van der Waals surface area contributed by atoms with Gasteiger partial charge >= 0.3 is 0 Å². The Balaban J connectivity index is 1.99. The number of rotatable bonds is 5. The highest BCUT2D eigenvalue weighted by Crippen LogP contribution is 2.26. The molecule has 1 aliphatic rings.